The fraction of sp³-hybridized carbons (Fsp3) is 0.588. The van der Waals surface area contributed by atoms with Crippen molar-refractivity contribution in [1.82, 2.24) is 9.80 Å². The maximum absolute atomic E-state index is 11.5. The van der Waals surface area contributed by atoms with Crippen LogP contribution in [0.4, 0.5) is 0 Å². The number of carbonyl (C=O) groups is 1. The summed E-state index contributed by atoms with van der Waals surface area (Å²) in [7, 11) is 4.33. The summed E-state index contributed by atoms with van der Waals surface area (Å²) in [4.78, 5) is 16.3. The minimum atomic E-state index is 0.0477. The van der Waals surface area contributed by atoms with Gasteiger partial charge in [0.05, 0.1) is 5.56 Å². The third-order valence-electron chi connectivity index (χ3n) is 4.19. The number of rotatable bonds is 7. The van der Waals surface area contributed by atoms with Crippen LogP contribution >= 0.6 is 0 Å². The van der Waals surface area contributed by atoms with Crippen LogP contribution in [0.15, 0.2) is 24.3 Å². The Bertz CT molecular complexity index is 476. The van der Waals surface area contributed by atoms with Gasteiger partial charge in [-0.05, 0) is 52.5 Å². The lowest BCUT2D eigenvalue weighted by molar-refractivity contribution is 0.101. The molecule has 0 radical (unpaired) electrons. The quantitative estimate of drug-likeness (QED) is 0.721. The zero-order valence-electron chi connectivity index (χ0n) is 13.3. The molecule has 1 aromatic rings. The zero-order chi connectivity index (χ0) is 15.2. The number of hydrogen-bond donors (Lipinski definition) is 0. The van der Waals surface area contributed by atoms with E-state index in [4.69, 9.17) is 4.74 Å². The SMILES string of the molecule is CC(=O)c1ccccc1OCCN(C)CC1CCCN1C. The normalized spacial score (nSPS) is 19.1. The van der Waals surface area contributed by atoms with Crippen LogP contribution in [0.5, 0.6) is 5.75 Å². The van der Waals surface area contributed by atoms with Crippen molar-refractivity contribution >= 4 is 5.78 Å². The van der Waals surface area contributed by atoms with Crippen molar-refractivity contribution in [2.45, 2.75) is 25.8 Å². The minimum Gasteiger partial charge on any atom is -0.491 e. The average Bonchev–Trinajstić information content (AvgIpc) is 2.84. The maximum Gasteiger partial charge on any atom is 0.163 e. The highest BCUT2D eigenvalue weighted by Gasteiger charge is 2.21. The molecule has 116 valence electrons. The molecule has 1 fully saturated rings. The Morgan fingerprint density at radius 2 is 2.19 bits per heavy atom. The molecule has 0 saturated carbocycles. The van der Waals surface area contributed by atoms with Crippen LogP contribution in [0.1, 0.15) is 30.1 Å². The maximum atomic E-state index is 11.5. The molecule has 0 N–H and O–H groups in total. The van der Waals surface area contributed by atoms with Crippen LogP contribution < -0.4 is 4.74 Å². The topological polar surface area (TPSA) is 32.8 Å². The number of para-hydroxylation sites is 1. The lowest BCUT2D eigenvalue weighted by atomic mass is 10.1. The lowest BCUT2D eigenvalue weighted by Gasteiger charge is -2.25. The van der Waals surface area contributed by atoms with E-state index in [1.165, 1.54) is 19.4 Å². The first-order valence-electron chi connectivity index (χ1n) is 7.69. The Hall–Kier alpha value is -1.39. The first-order valence-corrected chi connectivity index (χ1v) is 7.69. The van der Waals surface area contributed by atoms with Crippen molar-refractivity contribution in [2.24, 2.45) is 0 Å². The molecule has 1 saturated heterocycles. The Labute approximate surface area is 127 Å². The van der Waals surface area contributed by atoms with Crippen LogP contribution in [0.25, 0.3) is 0 Å². The van der Waals surface area contributed by atoms with Gasteiger partial charge in [-0.3, -0.25) is 4.79 Å². The van der Waals surface area contributed by atoms with Crippen molar-refractivity contribution in [2.75, 3.05) is 40.3 Å². The van der Waals surface area contributed by atoms with E-state index in [9.17, 15) is 4.79 Å². The van der Waals surface area contributed by atoms with Gasteiger partial charge in [0.25, 0.3) is 0 Å². The van der Waals surface area contributed by atoms with E-state index >= 15 is 0 Å². The second kappa shape index (κ2) is 7.57. The van der Waals surface area contributed by atoms with Crippen molar-refractivity contribution in [1.29, 1.82) is 0 Å². The van der Waals surface area contributed by atoms with E-state index in [1.54, 1.807) is 6.92 Å². The fourth-order valence-electron chi connectivity index (χ4n) is 2.86. The van der Waals surface area contributed by atoms with Crippen molar-refractivity contribution in [3.05, 3.63) is 29.8 Å². The summed E-state index contributed by atoms with van der Waals surface area (Å²) in [6.07, 6.45) is 2.59. The van der Waals surface area contributed by atoms with Crippen molar-refractivity contribution in [3.63, 3.8) is 0 Å². The van der Waals surface area contributed by atoms with Gasteiger partial charge in [-0.2, -0.15) is 0 Å². The van der Waals surface area contributed by atoms with E-state index in [0.717, 1.165) is 13.1 Å². The molecule has 1 aromatic carbocycles. The van der Waals surface area contributed by atoms with E-state index in [0.29, 0.717) is 24.0 Å². The molecule has 1 unspecified atom stereocenters. The summed E-state index contributed by atoms with van der Waals surface area (Å²) in [6.45, 7) is 5.34. The Balaban J connectivity index is 1.77. The molecule has 21 heavy (non-hydrogen) atoms. The number of benzene rings is 1. The summed E-state index contributed by atoms with van der Waals surface area (Å²) >= 11 is 0. The van der Waals surface area contributed by atoms with Gasteiger partial charge in [-0.1, -0.05) is 12.1 Å². The van der Waals surface area contributed by atoms with Crippen LogP contribution in [0, 0.1) is 0 Å². The summed E-state index contributed by atoms with van der Waals surface area (Å²) in [5, 5.41) is 0. The van der Waals surface area contributed by atoms with Gasteiger partial charge in [-0.15, -0.1) is 0 Å². The molecular formula is C17H26N2O2. The van der Waals surface area contributed by atoms with Gasteiger partial charge < -0.3 is 14.5 Å². The molecule has 1 aliphatic heterocycles. The van der Waals surface area contributed by atoms with Gasteiger partial charge in [0.2, 0.25) is 0 Å². The van der Waals surface area contributed by atoms with Gasteiger partial charge in [0.1, 0.15) is 12.4 Å². The first kappa shape index (κ1) is 16.0. The summed E-state index contributed by atoms with van der Waals surface area (Å²) < 4.78 is 5.78. The zero-order valence-corrected chi connectivity index (χ0v) is 13.3. The van der Waals surface area contributed by atoms with E-state index in [-0.39, 0.29) is 5.78 Å². The number of likely N-dealkylation sites (tertiary alicyclic amines) is 1. The third kappa shape index (κ3) is 4.55. The fourth-order valence-corrected chi connectivity index (χ4v) is 2.86. The number of ketones is 1. The largest absolute Gasteiger partial charge is 0.491 e. The lowest BCUT2D eigenvalue weighted by Crippen LogP contribution is -2.38. The Morgan fingerprint density at radius 1 is 1.43 bits per heavy atom. The van der Waals surface area contributed by atoms with Gasteiger partial charge in [0, 0.05) is 19.1 Å². The minimum absolute atomic E-state index is 0.0477. The number of Topliss-reactive ketones (excluding diaryl/α,β-unsaturated/α-hetero) is 1. The van der Waals surface area contributed by atoms with Gasteiger partial charge in [0.15, 0.2) is 5.78 Å². The highest BCUT2D eigenvalue weighted by Crippen LogP contribution is 2.18. The predicted molar refractivity (Wildman–Crippen MR) is 85.1 cm³/mol. The van der Waals surface area contributed by atoms with Crippen molar-refractivity contribution in [3.8, 4) is 5.75 Å². The Morgan fingerprint density at radius 3 is 2.86 bits per heavy atom. The second-order valence-corrected chi connectivity index (χ2v) is 5.94. The monoisotopic (exact) mass is 290 g/mol. The second-order valence-electron chi connectivity index (χ2n) is 5.94. The molecule has 4 nitrogen and oxygen atoms in total. The number of nitrogens with zero attached hydrogens (tertiary/aromatic N) is 2. The number of likely N-dealkylation sites (N-methyl/N-ethyl adjacent to an activating group) is 2. The van der Waals surface area contributed by atoms with Gasteiger partial charge in [-0.25, -0.2) is 0 Å². The number of ether oxygens (including phenoxy) is 1. The molecule has 0 bridgehead atoms. The molecule has 0 spiro atoms. The van der Waals surface area contributed by atoms with E-state index in [1.807, 2.05) is 24.3 Å². The molecule has 0 aromatic heterocycles. The molecular weight excluding hydrogens is 264 g/mol. The highest BCUT2D eigenvalue weighted by atomic mass is 16.5. The highest BCUT2D eigenvalue weighted by molar-refractivity contribution is 5.96. The van der Waals surface area contributed by atoms with Crippen molar-refractivity contribution < 1.29 is 9.53 Å². The molecule has 1 aliphatic rings. The first-order chi connectivity index (χ1) is 10.1. The molecule has 1 heterocycles. The Kier molecular flexibility index (Phi) is 5.76. The van der Waals surface area contributed by atoms with Gasteiger partial charge >= 0.3 is 0 Å². The molecule has 0 amide bonds. The van der Waals surface area contributed by atoms with Crippen LogP contribution in [-0.4, -0.2) is 62.0 Å². The predicted octanol–water partition coefficient (Wildman–Crippen LogP) is 2.29. The van der Waals surface area contributed by atoms with Crippen LogP contribution in [-0.2, 0) is 0 Å². The standard InChI is InChI=1S/C17H26N2O2/c1-14(20)16-8-4-5-9-17(16)21-12-11-18(2)13-15-7-6-10-19(15)3/h4-5,8-9,15H,6-7,10-13H2,1-3H3. The number of carbonyl (C=O) groups excluding carboxylic acids is 1. The smallest absolute Gasteiger partial charge is 0.163 e. The summed E-state index contributed by atoms with van der Waals surface area (Å²) in [6, 6.07) is 8.11. The summed E-state index contributed by atoms with van der Waals surface area (Å²) in [5.74, 6) is 0.739. The molecule has 0 aliphatic carbocycles. The molecule has 1 atom stereocenters. The van der Waals surface area contributed by atoms with E-state index in [2.05, 4.69) is 23.9 Å². The summed E-state index contributed by atoms with van der Waals surface area (Å²) in [5.41, 5.74) is 0.663. The molecule has 4 heteroatoms. The average molecular weight is 290 g/mol. The van der Waals surface area contributed by atoms with Crippen LogP contribution in [0.2, 0.25) is 0 Å². The number of hydrogen-bond acceptors (Lipinski definition) is 4. The molecule has 2 rings (SSSR count). The van der Waals surface area contributed by atoms with E-state index < -0.39 is 0 Å². The third-order valence-corrected chi connectivity index (χ3v) is 4.19. The van der Waals surface area contributed by atoms with Crippen LogP contribution in [0.3, 0.4) is 0 Å².